The van der Waals surface area contributed by atoms with Gasteiger partial charge in [0.15, 0.2) is 0 Å². The summed E-state index contributed by atoms with van der Waals surface area (Å²) in [6.07, 6.45) is 5.44. The highest BCUT2D eigenvalue weighted by Gasteiger charge is 2.35. The number of fused-ring (bicyclic) bond motifs is 1. The van der Waals surface area contributed by atoms with Crippen LogP contribution in [0.2, 0.25) is 0 Å². The van der Waals surface area contributed by atoms with Crippen LogP contribution in [0.15, 0.2) is 46.2 Å². The molecule has 2 fully saturated rings. The molecule has 30 heavy (non-hydrogen) atoms. The van der Waals surface area contributed by atoms with E-state index in [1.165, 1.54) is 0 Å². The highest BCUT2D eigenvalue weighted by molar-refractivity contribution is 7.89. The van der Waals surface area contributed by atoms with Crippen molar-refractivity contribution in [2.24, 2.45) is 0 Å². The van der Waals surface area contributed by atoms with E-state index in [4.69, 9.17) is 0 Å². The summed E-state index contributed by atoms with van der Waals surface area (Å²) >= 11 is 0. The lowest BCUT2D eigenvalue weighted by molar-refractivity contribution is 0.268. The van der Waals surface area contributed by atoms with Gasteiger partial charge in [0.25, 0.3) is 0 Å². The van der Waals surface area contributed by atoms with Crippen LogP contribution >= 0.6 is 0 Å². The van der Waals surface area contributed by atoms with Gasteiger partial charge in [0.1, 0.15) is 0 Å². The van der Waals surface area contributed by atoms with Gasteiger partial charge in [-0.25, -0.2) is 16.8 Å². The third kappa shape index (κ3) is 3.68. The van der Waals surface area contributed by atoms with Gasteiger partial charge in [-0.05, 0) is 51.7 Å². The van der Waals surface area contributed by atoms with Crippen molar-refractivity contribution in [2.45, 2.75) is 74.2 Å². The van der Waals surface area contributed by atoms with Crippen LogP contribution in [0.4, 0.5) is 0 Å². The molecule has 4 rings (SSSR count). The number of sulfonamides is 2. The molecule has 0 spiro atoms. The summed E-state index contributed by atoms with van der Waals surface area (Å²) < 4.78 is 57.1. The predicted octanol–water partition coefficient (Wildman–Crippen LogP) is 3.97. The number of hydrogen-bond donors (Lipinski definition) is 0. The van der Waals surface area contributed by atoms with E-state index < -0.39 is 20.0 Å². The van der Waals surface area contributed by atoms with Crippen molar-refractivity contribution in [3.63, 3.8) is 0 Å². The highest BCUT2D eigenvalue weighted by atomic mass is 32.2. The molecule has 2 saturated heterocycles. The zero-order valence-electron chi connectivity index (χ0n) is 17.6. The molecule has 8 heteroatoms. The Morgan fingerprint density at radius 2 is 1.07 bits per heavy atom. The highest BCUT2D eigenvalue weighted by Crippen LogP contribution is 2.34. The number of rotatable bonds is 4. The Morgan fingerprint density at radius 3 is 1.43 bits per heavy atom. The first-order valence-electron chi connectivity index (χ1n) is 10.8. The predicted molar refractivity (Wildman–Crippen MR) is 118 cm³/mol. The van der Waals surface area contributed by atoms with E-state index in [2.05, 4.69) is 0 Å². The van der Waals surface area contributed by atoms with Gasteiger partial charge in [0.2, 0.25) is 20.0 Å². The average molecular weight is 451 g/mol. The lowest BCUT2D eigenvalue weighted by Crippen LogP contribution is -2.42. The monoisotopic (exact) mass is 450 g/mol. The largest absolute Gasteiger partial charge is 0.243 e. The summed E-state index contributed by atoms with van der Waals surface area (Å²) in [5.74, 6) is 0. The summed E-state index contributed by atoms with van der Waals surface area (Å²) in [6.45, 7) is 4.89. The van der Waals surface area contributed by atoms with Gasteiger partial charge in [-0.2, -0.15) is 8.61 Å². The van der Waals surface area contributed by atoms with Gasteiger partial charge in [0.05, 0.1) is 9.79 Å². The SMILES string of the molecule is C[C@H]1CCCCN1S(=O)(=O)c1cccc2c(S(=O)(=O)N3CCCC[C@@H]3C)cccc12. The van der Waals surface area contributed by atoms with E-state index in [0.29, 0.717) is 23.9 Å². The number of benzene rings is 2. The second kappa shape index (κ2) is 8.22. The molecule has 0 unspecified atom stereocenters. The summed E-state index contributed by atoms with van der Waals surface area (Å²) in [6, 6.07) is 9.83. The summed E-state index contributed by atoms with van der Waals surface area (Å²) in [5, 5.41) is 0.946. The van der Waals surface area contributed by atoms with Crippen molar-refractivity contribution >= 4 is 30.8 Å². The van der Waals surface area contributed by atoms with Gasteiger partial charge in [-0.1, -0.05) is 37.1 Å². The molecule has 6 nitrogen and oxygen atoms in total. The van der Waals surface area contributed by atoms with Crippen LogP contribution in [-0.4, -0.2) is 50.6 Å². The zero-order valence-corrected chi connectivity index (χ0v) is 19.3. The molecule has 0 aliphatic carbocycles. The molecule has 164 valence electrons. The smallest absolute Gasteiger partial charge is 0.207 e. The average Bonchev–Trinajstić information content (AvgIpc) is 2.73. The molecule has 2 aromatic carbocycles. The lowest BCUT2D eigenvalue weighted by atomic mass is 10.1. The number of nitrogens with zero attached hydrogens (tertiary/aromatic N) is 2. The van der Waals surface area contributed by atoms with E-state index in [1.54, 1.807) is 45.0 Å². The maximum Gasteiger partial charge on any atom is 0.243 e. The summed E-state index contributed by atoms with van der Waals surface area (Å²) in [5.41, 5.74) is 0. The number of piperidine rings is 2. The standard InChI is InChI=1S/C22H30N2O4S2/c1-17-9-3-5-15-23(17)29(25,26)21-13-7-12-20-19(21)11-8-14-22(20)30(27,28)24-16-6-4-10-18(24)2/h7-8,11-14,17-18H,3-6,9-10,15-16H2,1-2H3/t17-,18-/m0/s1. The van der Waals surface area contributed by atoms with Crippen molar-refractivity contribution in [1.82, 2.24) is 8.61 Å². The molecule has 0 radical (unpaired) electrons. The Balaban J connectivity index is 1.85. The van der Waals surface area contributed by atoms with Gasteiger partial charge in [0, 0.05) is 35.9 Å². The van der Waals surface area contributed by atoms with Crippen LogP contribution in [0, 0.1) is 0 Å². The molecule has 0 bridgehead atoms. The Kier molecular flexibility index (Phi) is 5.96. The molecular weight excluding hydrogens is 420 g/mol. The second-order valence-corrected chi connectivity index (χ2v) is 12.2. The molecule has 2 aromatic rings. The zero-order chi connectivity index (χ0) is 21.5. The van der Waals surface area contributed by atoms with Crippen molar-refractivity contribution in [3.05, 3.63) is 36.4 Å². The van der Waals surface area contributed by atoms with Crippen LogP contribution < -0.4 is 0 Å². The molecule has 0 aromatic heterocycles. The van der Waals surface area contributed by atoms with E-state index in [0.717, 1.165) is 38.5 Å². The van der Waals surface area contributed by atoms with Crippen LogP contribution in [0.3, 0.4) is 0 Å². The van der Waals surface area contributed by atoms with Gasteiger partial charge in [-0.3, -0.25) is 0 Å². The molecule has 0 amide bonds. The first-order valence-corrected chi connectivity index (χ1v) is 13.7. The van der Waals surface area contributed by atoms with Crippen LogP contribution in [-0.2, 0) is 20.0 Å². The Labute approximate surface area is 180 Å². The fourth-order valence-electron chi connectivity index (χ4n) is 4.81. The maximum absolute atomic E-state index is 13.5. The first-order chi connectivity index (χ1) is 14.2. The Hall–Kier alpha value is -1.48. The molecule has 2 aliphatic heterocycles. The Morgan fingerprint density at radius 1 is 0.667 bits per heavy atom. The van der Waals surface area contributed by atoms with Crippen molar-refractivity contribution in [2.75, 3.05) is 13.1 Å². The maximum atomic E-state index is 13.5. The molecule has 0 N–H and O–H groups in total. The minimum atomic E-state index is -3.71. The summed E-state index contributed by atoms with van der Waals surface area (Å²) in [7, 11) is -7.42. The van der Waals surface area contributed by atoms with Gasteiger partial charge < -0.3 is 0 Å². The molecule has 2 aliphatic rings. The first kappa shape index (κ1) is 21.7. The van der Waals surface area contributed by atoms with Crippen molar-refractivity contribution in [3.8, 4) is 0 Å². The van der Waals surface area contributed by atoms with Crippen LogP contribution in [0.25, 0.3) is 10.8 Å². The van der Waals surface area contributed by atoms with E-state index in [9.17, 15) is 16.8 Å². The third-order valence-corrected chi connectivity index (χ3v) is 10.6. The van der Waals surface area contributed by atoms with E-state index in [-0.39, 0.29) is 21.9 Å². The normalized spacial score (nSPS) is 24.9. The van der Waals surface area contributed by atoms with Gasteiger partial charge in [-0.15, -0.1) is 0 Å². The van der Waals surface area contributed by atoms with Gasteiger partial charge >= 0.3 is 0 Å². The van der Waals surface area contributed by atoms with Crippen molar-refractivity contribution in [1.29, 1.82) is 0 Å². The van der Waals surface area contributed by atoms with E-state index in [1.807, 2.05) is 13.8 Å². The molecule has 2 heterocycles. The van der Waals surface area contributed by atoms with Crippen molar-refractivity contribution < 1.29 is 16.8 Å². The number of hydrogen-bond acceptors (Lipinski definition) is 4. The topological polar surface area (TPSA) is 74.8 Å². The minimum absolute atomic E-state index is 0.0554. The molecule has 0 saturated carbocycles. The van der Waals surface area contributed by atoms with E-state index >= 15 is 0 Å². The quantitative estimate of drug-likeness (QED) is 0.706. The van der Waals surface area contributed by atoms with Crippen LogP contribution in [0.1, 0.15) is 52.4 Å². The fourth-order valence-corrected chi connectivity index (χ4v) is 8.63. The lowest BCUT2D eigenvalue weighted by Gasteiger charge is -2.33. The second-order valence-electron chi connectivity index (χ2n) is 8.53. The summed E-state index contributed by atoms with van der Waals surface area (Å²) in [4.78, 5) is 0.384. The molecule has 2 atom stereocenters. The minimum Gasteiger partial charge on any atom is -0.207 e. The molecular formula is C22H30N2O4S2. The Bertz CT molecular complexity index is 1050. The fraction of sp³-hybridized carbons (Fsp3) is 0.545. The third-order valence-electron chi connectivity index (χ3n) is 6.50. The van der Waals surface area contributed by atoms with Crippen LogP contribution in [0.5, 0.6) is 0 Å².